The number of unbranched alkanes of at least 4 members (excludes halogenated alkanes) is 3. The van der Waals surface area contributed by atoms with E-state index < -0.39 is 0 Å². The van der Waals surface area contributed by atoms with E-state index in [1.54, 1.807) is 0 Å². The third kappa shape index (κ3) is 4.12. The first-order valence-electron chi connectivity index (χ1n) is 9.83. The molecule has 25 heavy (non-hydrogen) atoms. The Morgan fingerprint density at radius 2 is 2.16 bits per heavy atom. The zero-order chi connectivity index (χ0) is 17.7. The maximum Gasteiger partial charge on any atom is 0.112 e. The van der Waals surface area contributed by atoms with E-state index in [0.29, 0.717) is 5.92 Å². The summed E-state index contributed by atoms with van der Waals surface area (Å²) in [5.41, 5.74) is 3.75. The first-order chi connectivity index (χ1) is 12.1. The first-order valence-corrected chi connectivity index (χ1v) is 9.83. The van der Waals surface area contributed by atoms with Gasteiger partial charge in [0.25, 0.3) is 0 Å². The lowest BCUT2D eigenvalue weighted by Gasteiger charge is -2.45. The summed E-state index contributed by atoms with van der Waals surface area (Å²) in [7, 11) is 0. The highest BCUT2D eigenvalue weighted by molar-refractivity contribution is 5.59. The van der Waals surface area contributed by atoms with E-state index >= 15 is 0 Å². The number of rotatable bonds is 7. The summed E-state index contributed by atoms with van der Waals surface area (Å²) in [6.45, 7) is 10.8. The van der Waals surface area contributed by atoms with Crippen molar-refractivity contribution in [2.45, 2.75) is 58.3 Å². The lowest BCUT2D eigenvalue weighted by molar-refractivity contribution is 0.109. The molecule has 4 nitrogen and oxygen atoms in total. The lowest BCUT2D eigenvalue weighted by Crippen LogP contribution is -2.47. The number of nitrogens with one attached hydrogen (secondary N) is 1. The third-order valence-corrected chi connectivity index (χ3v) is 6.13. The Morgan fingerprint density at radius 3 is 2.88 bits per heavy atom. The molecule has 2 heterocycles. The molecule has 0 aliphatic carbocycles. The number of hydrogen-bond acceptors (Lipinski definition) is 3. The molecule has 1 saturated heterocycles. The Bertz CT molecular complexity index is 652. The standard InChI is InChI=1S/C21H32N4/c1-4-5-6-7-12-25-13-11-21(3,17(2)16-25)19-10-8-9-18(14-19)20-15-22-24-23-20/h8-10,14-15,17H,4-7,11-13,16H2,1-3H3,(H,22,23,24). The molecule has 1 aliphatic heterocycles. The van der Waals surface area contributed by atoms with Gasteiger partial charge in [-0.05, 0) is 48.9 Å². The van der Waals surface area contributed by atoms with Gasteiger partial charge in [-0.3, -0.25) is 5.10 Å². The monoisotopic (exact) mass is 340 g/mol. The van der Waals surface area contributed by atoms with E-state index in [9.17, 15) is 0 Å². The van der Waals surface area contributed by atoms with Gasteiger partial charge in [-0.1, -0.05) is 63.4 Å². The van der Waals surface area contributed by atoms with E-state index in [1.807, 2.05) is 6.20 Å². The van der Waals surface area contributed by atoms with Crippen LogP contribution in [0.5, 0.6) is 0 Å². The summed E-state index contributed by atoms with van der Waals surface area (Å²) in [5, 5.41) is 10.8. The van der Waals surface area contributed by atoms with Gasteiger partial charge in [0.2, 0.25) is 0 Å². The van der Waals surface area contributed by atoms with E-state index in [4.69, 9.17) is 0 Å². The van der Waals surface area contributed by atoms with Crippen LogP contribution in [-0.4, -0.2) is 39.9 Å². The zero-order valence-corrected chi connectivity index (χ0v) is 16.0. The first kappa shape index (κ1) is 18.1. The average Bonchev–Trinajstić information content (AvgIpc) is 3.17. The number of aromatic amines is 1. The van der Waals surface area contributed by atoms with Gasteiger partial charge in [-0.15, -0.1) is 5.10 Å². The molecule has 0 bridgehead atoms. The molecular formula is C21H32N4. The van der Waals surface area contributed by atoms with Crippen LogP contribution in [0, 0.1) is 5.92 Å². The van der Waals surface area contributed by atoms with Crippen LogP contribution in [-0.2, 0) is 5.41 Å². The number of nitrogens with zero attached hydrogens (tertiary/aromatic N) is 3. The second kappa shape index (κ2) is 8.13. The minimum absolute atomic E-state index is 0.236. The SMILES string of the molecule is CCCCCCN1CCC(C)(c2cccc(-c3c[nH]nn3)c2)C(C)C1. The molecule has 1 fully saturated rings. The van der Waals surface area contributed by atoms with Gasteiger partial charge in [-0.2, -0.15) is 0 Å². The third-order valence-electron chi connectivity index (χ3n) is 6.13. The molecule has 1 aromatic heterocycles. The van der Waals surface area contributed by atoms with Crippen molar-refractivity contribution in [3.63, 3.8) is 0 Å². The van der Waals surface area contributed by atoms with Crippen molar-refractivity contribution < 1.29 is 0 Å². The van der Waals surface area contributed by atoms with E-state index in [0.717, 1.165) is 11.3 Å². The van der Waals surface area contributed by atoms with Gasteiger partial charge in [-0.25, -0.2) is 0 Å². The number of likely N-dealkylation sites (tertiary alicyclic amines) is 1. The molecule has 136 valence electrons. The number of hydrogen-bond donors (Lipinski definition) is 1. The Kier molecular flexibility index (Phi) is 5.89. The molecule has 3 rings (SSSR count). The van der Waals surface area contributed by atoms with Gasteiger partial charge in [0.1, 0.15) is 5.69 Å². The summed E-state index contributed by atoms with van der Waals surface area (Å²) in [5.74, 6) is 0.653. The molecule has 1 N–H and O–H groups in total. The van der Waals surface area contributed by atoms with E-state index in [2.05, 4.69) is 65.3 Å². The minimum Gasteiger partial charge on any atom is -0.303 e. The highest BCUT2D eigenvalue weighted by atomic mass is 15.3. The Balaban J connectivity index is 1.67. The van der Waals surface area contributed by atoms with Crippen LogP contribution in [0.1, 0.15) is 58.4 Å². The Labute approximate surface area is 152 Å². The fraction of sp³-hybridized carbons (Fsp3) is 0.619. The molecule has 2 aromatic rings. The van der Waals surface area contributed by atoms with Crippen molar-refractivity contribution in [2.24, 2.45) is 5.92 Å². The fourth-order valence-electron chi connectivity index (χ4n) is 4.09. The summed E-state index contributed by atoms with van der Waals surface area (Å²) in [4.78, 5) is 2.67. The van der Waals surface area contributed by atoms with Gasteiger partial charge < -0.3 is 4.90 Å². The van der Waals surface area contributed by atoms with Crippen molar-refractivity contribution in [2.75, 3.05) is 19.6 Å². The molecule has 0 spiro atoms. The number of aromatic nitrogens is 3. The summed E-state index contributed by atoms with van der Waals surface area (Å²) in [6, 6.07) is 8.88. The van der Waals surface area contributed by atoms with Crippen LogP contribution in [0.2, 0.25) is 0 Å². The molecule has 4 heteroatoms. The maximum absolute atomic E-state index is 4.16. The average molecular weight is 341 g/mol. The van der Waals surface area contributed by atoms with Crippen molar-refractivity contribution in [3.05, 3.63) is 36.0 Å². The molecular weight excluding hydrogens is 308 g/mol. The lowest BCUT2D eigenvalue weighted by atomic mass is 9.67. The fourth-order valence-corrected chi connectivity index (χ4v) is 4.09. The largest absolute Gasteiger partial charge is 0.303 e. The molecule has 2 unspecified atom stereocenters. The van der Waals surface area contributed by atoms with Crippen molar-refractivity contribution in [1.82, 2.24) is 20.3 Å². The van der Waals surface area contributed by atoms with Crippen LogP contribution < -0.4 is 0 Å². The minimum atomic E-state index is 0.236. The zero-order valence-electron chi connectivity index (χ0n) is 16.0. The number of H-pyrrole nitrogens is 1. The van der Waals surface area contributed by atoms with Crippen LogP contribution in [0.25, 0.3) is 11.3 Å². The van der Waals surface area contributed by atoms with Crippen molar-refractivity contribution >= 4 is 0 Å². The Morgan fingerprint density at radius 1 is 1.28 bits per heavy atom. The van der Waals surface area contributed by atoms with Gasteiger partial charge >= 0.3 is 0 Å². The van der Waals surface area contributed by atoms with E-state index in [-0.39, 0.29) is 5.41 Å². The maximum atomic E-state index is 4.16. The van der Waals surface area contributed by atoms with E-state index in [1.165, 1.54) is 57.3 Å². The summed E-state index contributed by atoms with van der Waals surface area (Å²) < 4.78 is 0. The molecule has 0 saturated carbocycles. The second-order valence-corrected chi connectivity index (χ2v) is 7.87. The number of benzene rings is 1. The van der Waals surface area contributed by atoms with Crippen LogP contribution in [0.15, 0.2) is 30.5 Å². The van der Waals surface area contributed by atoms with Crippen molar-refractivity contribution in [3.8, 4) is 11.3 Å². The highest BCUT2D eigenvalue weighted by Gasteiger charge is 2.37. The summed E-state index contributed by atoms with van der Waals surface area (Å²) >= 11 is 0. The van der Waals surface area contributed by atoms with Gasteiger partial charge in [0.05, 0.1) is 0 Å². The molecule has 0 radical (unpaired) electrons. The van der Waals surface area contributed by atoms with Crippen molar-refractivity contribution in [1.29, 1.82) is 0 Å². The second-order valence-electron chi connectivity index (χ2n) is 7.87. The summed E-state index contributed by atoms with van der Waals surface area (Å²) in [6.07, 6.45) is 8.50. The predicted molar refractivity (Wildman–Crippen MR) is 104 cm³/mol. The predicted octanol–water partition coefficient (Wildman–Crippen LogP) is 4.65. The molecule has 0 amide bonds. The van der Waals surface area contributed by atoms with Crippen LogP contribution in [0.3, 0.4) is 0 Å². The highest BCUT2D eigenvalue weighted by Crippen LogP contribution is 2.40. The topological polar surface area (TPSA) is 44.8 Å². The normalized spacial score (nSPS) is 24.5. The smallest absolute Gasteiger partial charge is 0.112 e. The molecule has 1 aliphatic rings. The number of piperidine rings is 1. The molecule has 2 atom stereocenters. The van der Waals surface area contributed by atoms with Gasteiger partial charge in [0.15, 0.2) is 0 Å². The quantitative estimate of drug-likeness (QED) is 0.746. The van der Waals surface area contributed by atoms with Gasteiger partial charge in [0, 0.05) is 18.3 Å². The Hall–Kier alpha value is -1.68. The van der Waals surface area contributed by atoms with Crippen LogP contribution >= 0.6 is 0 Å². The molecule has 1 aromatic carbocycles. The van der Waals surface area contributed by atoms with Crippen LogP contribution in [0.4, 0.5) is 0 Å².